The molecular formula is C18H22N6O4. The molecule has 0 bridgehead atoms. The molecule has 28 heavy (non-hydrogen) atoms. The van der Waals surface area contributed by atoms with Crippen molar-refractivity contribution in [3.8, 4) is 0 Å². The zero-order valence-electron chi connectivity index (χ0n) is 15.5. The first-order valence-electron chi connectivity index (χ1n) is 8.95. The van der Waals surface area contributed by atoms with Crippen LogP contribution in [0.1, 0.15) is 17.3 Å². The van der Waals surface area contributed by atoms with Crippen molar-refractivity contribution in [3.63, 3.8) is 0 Å². The maximum Gasteiger partial charge on any atom is 0.353 e. The summed E-state index contributed by atoms with van der Waals surface area (Å²) in [6, 6.07) is 6.66. The molecule has 0 amide bonds. The number of carbonyl (C=O) groups excluding carboxylic acids is 1. The van der Waals surface area contributed by atoms with Gasteiger partial charge in [0.25, 0.3) is 0 Å². The molecule has 1 aliphatic rings. The highest BCUT2D eigenvalue weighted by atomic mass is 16.6. The molecule has 0 spiro atoms. The Kier molecular flexibility index (Phi) is 6.12. The van der Waals surface area contributed by atoms with Crippen LogP contribution in [0.25, 0.3) is 0 Å². The number of aliphatic hydroxyl groups excluding tert-OH is 1. The summed E-state index contributed by atoms with van der Waals surface area (Å²) in [5, 5.41) is 23.8. The molecule has 0 radical (unpaired) electrons. The van der Waals surface area contributed by atoms with E-state index >= 15 is 0 Å². The largest absolute Gasteiger partial charge is 0.395 e. The lowest BCUT2D eigenvalue weighted by Gasteiger charge is -2.34. The fraction of sp³-hybridized carbons (Fsp3) is 0.389. The van der Waals surface area contributed by atoms with E-state index in [9.17, 15) is 14.9 Å². The molecule has 148 valence electrons. The van der Waals surface area contributed by atoms with E-state index in [4.69, 9.17) is 5.11 Å². The third kappa shape index (κ3) is 4.41. The van der Waals surface area contributed by atoms with Crippen LogP contribution in [0.15, 0.2) is 30.6 Å². The number of aliphatic hydroxyl groups is 1. The van der Waals surface area contributed by atoms with Gasteiger partial charge >= 0.3 is 5.69 Å². The number of benzene rings is 1. The molecule has 0 saturated carbocycles. The molecule has 2 N–H and O–H groups in total. The number of carbonyl (C=O) groups is 1. The van der Waals surface area contributed by atoms with Crippen molar-refractivity contribution in [3.05, 3.63) is 46.3 Å². The van der Waals surface area contributed by atoms with E-state index in [0.29, 0.717) is 44.0 Å². The van der Waals surface area contributed by atoms with E-state index in [2.05, 4.69) is 20.2 Å². The van der Waals surface area contributed by atoms with Crippen molar-refractivity contribution in [1.82, 2.24) is 14.9 Å². The molecular weight excluding hydrogens is 364 g/mol. The normalized spacial score (nSPS) is 14.7. The number of anilines is 3. The average Bonchev–Trinajstić information content (AvgIpc) is 2.69. The smallest absolute Gasteiger partial charge is 0.353 e. The zero-order valence-corrected chi connectivity index (χ0v) is 15.5. The van der Waals surface area contributed by atoms with Gasteiger partial charge in [0.05, 0.1) is 11.5 Å². The number of nitro groups is 1. The number of β-amino-alcohol motifs (C(OH)–C–C–N with tert-alkyl or cyclic N) is 1. The lowest BCUT2D eigenvalue weighted by molar-refractivity contribution is -0.383. The summed E-state index contributed by atoms with van der Waals surface area (Å²) >= 11 is 0. The summed E-state index contributed by atoms with van der Waals surface area (Å²) in [5.74, 6) is 0.317. The standard InChI is InChI=1S/C18H22N6O4/c1-13(26)14-2-4-15(5-3-14)21-17-16(24(27)28)18(20-12-19-17)23-8-6-22(7-9-23)10-11-25/h2-5,12,25H,6-11H2,1H3,(H,19,20,21). The van der Waals surface area contributed by atoms with Crippen molar-refractivity contribution in [1.29, 1.82) is 0 Å². The predicted molar refractivity (Wildman–Crippen MR) is 104 cm³/mol. The number of hydrogen-bond donors (Lipinski definition) is 2. The average molecular weight is 386 g/mol. The highest BCUT2D eigenvalue weighted by molar-refractivity contribution is 5.94. The summed E-state index contributed by atoms with van der Waals surface area (Å²) in [6.07, 6.45) is 1.30. The van der Waals surface area contributed by atoms with Gasteiger partial charge in [-0.2, -0.15) is 0 Å². The maximum atomic E-state index is 11.8. The first-order valence-corrected chi connectivity index (χ1v) is 8.95. The molecule has 10 heteroatoms. The van der Waals surface area contributed by atoms with Crippen molar-refractivity contribution >= 4 is 28.8 Å². The Bertz CT molecular complexity index is 850. The van der Waals surface area contributed by atoms with Gasteiger partial charge in [-0.05, 0) is 31.2 Å². The van der Waals surface area contributed by atoms with Gasteiger partial charge in [-0.1, -0.05) is 0 Å². The van der Waals surface area contributed by atoms with Gasteiger partial charge in [-0.3, -0.25) is 19.8 Å². The molecule has 1 fully saturated rings. The highest BCUT2D eigenvalue weighted by Gasteiger charge is 2.29. The number of nitrogens with one attached hydrogen (secondary N) is 1. The van der Waals surface area contributed by atoms with E-state index < -0.39 is 4.92 Å². The third-order valence-electron chi connectivity index (χ3n) is 4.63. The Morgan fingerprint density at radius 3 is 2.46 bits per heavy atom. The van der Waals surface area contributed by atoms with Crippen molar-refractivity contribution in [2.75, 3.05) is 49.5 Å². The molecule has 1 aromatic heterocycles. The van der Waals surface area contributed by atoms with Crippen LogP contribution < -0.4 is 10.2 Å². The van der Waals surface area contributed by atoms with Crippen LogP contribution >= 0.6 is 0 Å². The number of piperazine rings is 1. The number of hydrogen-bond acceptors (Lipinski definition) is 9. The Labute approximate surface area is 162 Å². The van der Waals surface area contributed by atoms with E-state index in [-0.39, 0.29) is 29.7 Å². The molecule has 1 aromatic carbocycles. The molecule has 0 atom stereocenters. The third-order valence-corrected chi connectivity index (χ3v) is 4.63. The van der Waals surface area contributed by atoms with Crippen LogP contribution in [0.4, 0.5) is 23.0 Å². The number of Topliss-reactive ketones (excluding diaryl/α,β-unsaturated/α-hetero) is 1. The number of aromatic nitrogens is 2. The van der Waals surface area contributed by atoms with E-state index in [1.165, 1.54) is 13.3 Å². The van der Waals surface area contributed by atoms with E-state index in [1.54, 1.807) is 24.3 Å². The SMILES string of the molecule is CC(=O)c1ccc(Nc2ncnc(N3CCN(CCO)CC3)c2[N+](=O)[O-])cc1. The molecule has 1 saturated heterocycles. The first kappa shape index (κ1) is 19.6. The van der Waals surface area contributed by atoms with Gasteiger partial charge < -0.3 is 15.3 Å². The Morgan fingerprint density at radius 2 is 1.89 bits per heavy atom. The fourth-order valence-electron chi connectivity index (χ4n) is 3.11. The molecule has 10 nitrogen and oxygen atoms in total. The summed E-state index contributed by atoms with van der Waals surface area (Å²) in [7, 11) is 0. The van der Waals surface area contributed by atoms with Crippen molar-refractivity contribution < 1.29 is 14.8 Å². The maximum absolute atomic E-state index is 11.8. The highest BCUT2D eigenvalue weighted by Crippen LogP contribution is 2.34. The Morgan fingerprint density at radius 1 is 1.21 bits per heavy atom. The molecule has 2 aromatic rings. The van der Waals surface area contributed by atoms with Gasteiger partial charge in [0, 0.05) is 44.0 Å². The Balaban J connectivity index is 1.84. The second kappa shape index (κ2) is 8.72. The minimum absolute atomic E-state index is 0.0535. The van der Waals surface area contributed by atoms with Crippen LogP contribution in [-0.4, -0.2) is 70.0 Å². The topological polar surface area (TPSA) is 125 Å². The second-order valence-electron chi connectivity index (χ2n) is 6.46. The second-order valence-corrected chi connectivity index (χ2v) is 6.46. The van der Waals surface area contributed by atoms with Gasteiger partial charge in [0.1, 0.15) is 6.33 Å². The quantitative estimate of drug-likeness (QED) is 0.413. The van der Waals surface area contributed by atoms with Crippen LogP contribution in [0.3, 0.4) is 0 Å². The molecule has 0 aliphatic carbocycles. The summed E-state index contributed by atoms with van der Waals surface area (Å²) in [5.41, 5.74) is 0.962. The van der Waals surface area contributed by atoms with Gasteiger partial charge in [0.2, 0.25) is 11.6 Å². The number of ketones is 1. The molecule has 0 unspecified atom stereocenters. The molecule has 3 rings (SSSR count). The van der Waals surface area contributed by atoms with Gasteiger partial charge in [-0.25, -0.2) is 9.97 Å². The summed E-state index contributed by atoms with van der Waals surface area (Å²) < 4.78 is 0. The minimum atomic E-state index is -0.484. The lowest BCUT2D eigenvalue weighted by Crippen LogP contribution is -2.47. The van der Waals surface area contributed by atoms with Crippen LogP contribution in [0.2, 0.25) is 0 Å². The number of nitrogens with zero attached hydrogens (tertiary/aromatic N) is 5. The van der Waals surface area contributed by atoms with Gasteiger partial charge in [-0.15, -0.1) is 0 Å². The van der Waals surface area contributed by atoms with E-state index in [1.807, 2.05) is 4.90 Å². The zero-order chi connectivity index (χ0) is 20.1. The fourth-order valence-corrected chi connectivity index (χ4v) is 3.11. The summed E-state index contributed by atoms with van der Waals surface area (Å²) in [4.78, 5) is 34.8. The first-order chi connectivity index (χ1) is 13.5. The monoisotopic (exact) mass is 386 g/mol. The minimum Gasteiger partial charge on any atom is -0.395 e. The summed E-state index contributed by atoms with van der Waals surface area (Å²) in [6.45, 7) is 4.68. The van der Waals surface area contributed by atoms with Crippen LogP contribution in [0, 0.1) is 10.1 Å². The predicted octanol–water partition coefficient (Wildman–Crippen LogP) is 1.45. The van der Waals surface area contributed by atoms with Crippen molar-refractivity contribution in [2.24, 2.45) is 0 Å². The van der Waals surface area contributed by atoms with Crippen LogP contribution in [0.5, 0.6) is 0 Å². The van der Waals surface area contributed by atoms with E-state index in [0.717, 1.165) is 0 Å². The molecule has 1 aliphatic heterocycles. The van der Waals surface area contributed by atoms with Gasteiger partial charge in [0.15, 0.2) is 5.78 Å². The number of rotatable bonds is 7. The molecule has 2 heterocycles. The lowest BCUT2D eigenvalue weighted by atomic mass is 10.1. The van der Waals surface area contributed by atoms with Crippen LogP contribution in [-0.2, 0) is 0 Å². The Hall–Kier alpha value is -3.11. The van der Waals surface area contributed by atoms with Crippen molar-refractivity contribution in [2.45, 2.75) is 6.92 Å².